The van der Waals surface area contributed by atoms with Gasteiger partial charge in [-0.3, -0.25) is 9.78 Å². The standard InChI is InChI=1S/C23H22ClN3O2S.C2H6/c1-29-19-10-11-25-22(15-19)20-14-17(6-9-21(20)24)26-23(28)16-4-7-18(8-5-16)27-12-2-3-13-30-27;1-2/h4-11,14-15H,2-3,12-13H2,1H3,(H,26,28);1-2H3. The first-order chi connectivity index (χ1) is 15.6. The van der Waals surface area contributed by atoms with E-state index in [9.17, 15) is 4.79 Å². The molecule has 1 fully saturated rings. The topological polar surface area (TPSA) is 54.5 Å². The maximum atomic E-state index is 12.7. The molecular weight excluding hydrogens is 442 g/mol. The van der Waals surface area contributed by atoms with Crippen LogP contribution in [0.1, 0.15) is 37.0 Å². The van der Waals surface area contributed by atoms with E-state index in [1.807, 2.05) is 62.2 Å². The van der Waals surface area contributed by atoms with Crippen LogP contribution < -0.4 is 14.4 Å². The van der Waals surface area contributed by atoms with Crippen molar-refractivity contribution < 1.29 is 9.53 Å². The quantitative estimate of drug-likeness (QED) is 0.410. The van der Waals surface area contributed by atoms with Gasteiger partial charge in [0.2, 0.25) is 0 Å². The van der Waals surface area contributed by atoms with Gasteiger partial charge in [0, 0.05) is 47.1 Å². The molecule has 0 spiro atoms. The van der Waals surface area contributed by atoms with Crippen molar-refractivity contribution in [3.63, 3.8) is 0 Å². The highest BCUT2D eigenvalue weighted by molar-refractivity contribution is 8.00. The monoisotopic (exact) mass is 469 g/mol. The Morgan fingerprint density at radius 1 is 1.09 bits per heavy atom. The molecule has 168 valence electrons. The van der Waals surface area contributed by atoms with Gasteiger partial charge in [0.25, 0.3) is 5.91 Å². The summed E-state index contributed by atoms with van der Waals surface area (Å²) in [7, 11) is 1.60. The van der Waals surface area contributed by atoms with Crippen molar-refractivity contribution in [2.75, 3.05) is 29.0 Å². The number of nitrogens with zero attached hydrogens (tertiary/aromatic N) is 2. The maximum absolute atomic E-state index is 12.7. The zero-order chi connectivity index (χ0) is 22.9. The molecule has 7 heteroatoms. The van der Waals surface area contributed by atoms with Crippen LogP contribution in [0.5, 0.6) is 5.75 Å². The maximum Gasteiger partial charge on any atom is 0.255 e. The average molecular weight is 470 g/mol. The van der Waals surface area contributed by atoms with E-state index in [-0.39, 0.29) is 5.91 Å². The van der Waals surface area contributed by atoms with Crippen LogP contribution in [-0.4, -0.2) is 30.3 Å². The number of amides is 1. The lowest BCUT2D eigenvalue weighted by Gasteiger charge is -2.27. The Kier molecular flexibility index (Phi) is 8.82. The first kappa shape index (κ1) is 24.0. The molecule has 4 rings (SSSR count). The molecule has 1 aliphatic heterocycles. The third-order valence-corrected chi connectivity index (χ3v) is 6.39. The number of aromatic nitrogens is 1. The molecule has 1 N–H and O–H groups in total. The van der Waals surface area contributed by atoms with Crippen LogP contribution in [0, 0.1) is 0 Å². The summed E-state index contributed by atoms with van der Waals surface area (Å²) >= 11 is 8.21. The molecule has 1 saturated heterocycles. The second kappa shape index (κ2) is 11.8. The molecule has 2 heterocycles. The van der Waals surface area contributed by atoms with Crippen molar-refractivity contribution in [2.24, 2.45) is 0 Å². The molecule has 0 atom stereocenters. The normalized spacial score (nSPS) is 13.1. The van der Waals surface area contributed by atoms with E-state index < -0.39 is 0 Å². The third-order valence-electron chi connectivity index (χ3n) is 4.89. The number of ether oxygens (including phenoxy) is 1. The van der Waals surface area contributed by atoms with Crippen LogP contribution in [0.3, 0.4) is 0 Å². The van der Waals surface area contributed by atoms with E-state index in [2.05, 4.69) is 14.6 Å². The van der Waals surface area contributed by atoms with E-state index in [0.717, 1.165) is 23.5 Å². The van der Waals surface area contributed by atoms with Gasteiger partial charge in [-0.2, -0.15) is 0 Å². The lowest BCUT2D eigenvalue weighted by atomic mass is 10.1. The second-order valence-corrected chi connectivity index (χ2v) is 8.43. The number of anilines is 2. The van der Waals surface area contributed by atoms with Crippen LogP contribution >= 0.6 is 23.5 Å². The Bertz CT molecular complexity index is 1040. The minimum Gasteiger partial charge on any atom is -0.497 e. The summed E-state index contributed by atoms with van der Waals surface area (Å²) in [5.41, 5.74) is 3.80. The van der Waals surface area contributed by atoms with Crippen molar-refractivity contribution in [3.05, 3.63) is 71.4 Å². The third kappa shape index (κ3) is 5.96. The Balaban J connectivity index is 0.00000141. The first-order valence-corrected chi connectivity index (χ1v) is 12.1. The van der Waals surface area contributed by atoms with Crippen LogP contribution in [-0.2, 0) is 0 Å². The summed E-state index contributed by atoms with van der Waals surface area (Å²) in [5, 5.41) is 3.50. The number of nitrogens with one attached hydrogen (secondary N) is 1. The molecule has 1 aromatic heterocycles. The molecule has 5 nitrogen and oxygen atoms in total. The fourth-order valence-corrected chi connectivity index (χ4v) is 4.56. The molecule has 0 aliphatic carbocycles. The number of rotatable bonds is 5. The smallest absolute Gasteiger partial charge is 0.255 e. The minimum atomic E-state index is -0.167. The highest BCUT2D eigenvalue weighted by Crippen LogP contribution is 2.31. The van der Waals surface area contributed by atoms with Gasteiger partial charge in [-0.15, -0.1) is 0 Å². The molecule has 1 amide bonds. The summed E-state index contributed by atoms with van der Waals surface area (Å²) in [4.78, 5) is 17.1. The number of hydrogen-bond acceptors (Lipinski definition) is 5. The Morgan fingerprint density at radius 2 is 1.88 bits per heavy atom. The largest absolute Gasteiger partial charge is 0.497 e. The van der Waals surface area contributed by atoms with Crippen molar-refractivity contribution in [2.45, 2.75) is 26.7 Å². The van der Waals surface area contributed by atoms with Gasteiger partial charge < -0.3 is 14.4 Å². The van der Waals surface area contributed by atoms with E-state index in [1.165, 1.54) is 12.8 Å². The van der Waals surface area contributed by atoms with Gasteiger partial charge in [-0.1, -0.05) is 25.4 Å². The minimum absolute atomic E-state index is 0.167. The highest BCUT2D eigenvalue weighted by atomic mass is 35.5. The van der Waals surface area contributed by atoms with Crippen LogP contribution in [0.15, 0.2) is 60.8 Å². The van der Waals surface area contributed by atoms with Crippen molar-refractivity contribution in [1.29, 1.82) is 0 Å². The lowest BCUT2D eigenvalue weighted by Crippen LogP contribution is -2.21. The fourth-order valence-electron chi connectivity index (χ4n) is 3.27. The fraction of sp³-hybridized carbons (Fsp3) is 0.280. The second-order valence-electron chi connectivity index (χ2n) is 6.92. The van der Waals surface area contributed by atoms with Gasteiger partial charge >= 0.3 is 0 Å². The van der Waals surface area contributed by atoms with Gasteiger partial charge in [0.05, 0.1) is 17.8 Å². The molecule has 0 unspecified atom stereocenters. The molecule has 0 saturated carbocycles. The Labute approximate surface area is 199 Å². The number of halogens is 1. The number of hydrogen-bond donors (Lipinski definition) is 1. The average Bonchev–Trinajstić information content (AvgIpc) is 2.87. The summed E-state index contributed by atoms with van der Waals surface area (Å²) in [6, 6.07) is 16.7. The van der Waals surface area contributed by atoms with Crippen molar-refractivity contribution in [1.82, 2.24) is 4.98 Å². The van der Waals surface area contributed by atoms with E-state index in [1.54, 1.807) is 31.5 Å². The summed E-state index contributed by atoms with van der Waals surface area (Å²) < 4.78 is 7.55. The van der Waals surface area contributed by atoms with Gasteiger partial charge in [0.15, 0.2) is 0 Å². The molecular formula is C25H28ClN3O2S. The molecule has 32 heavy (non-hydrogen) atoms. The summed E-state index contributed by atoms with van der Waals surface area (Å²) in [6.07, 6.45) is 4.13. The summed E-state index contributed by atoms with van der Waals surface area (Å²) in [6.45, 7) is 5.04. The van der Waals surface area contributed by atoms with Crippen LogP contribution in [0.4, 0.5) is 11.4 Å². The number of carbonyl (C=O) groups is 1. The Hall–Kier alpha value is -2.70. The van der Waals surface area contributed by atoms with Crippen LogP contribution in [0.2, 0.25) is 5.02 Å². The van der Waals surface area contributed by atoms with E-state index in [4.69, 9.17) is 16.3 Å². The van der Waals surface area contributed by atoms with E-state index in [0.29, 0.717) is 27.7 Å². The van der Waals surface area contributed by atoms with Crippen LogP contribution in [0.25, 0.3) is 11.3 Å². The number of carbonyl (C=O) groups excluding carboxylic acids is 1. The molecule has 2 aromatic carbocycles. The molecule has 0 radical (unpaired) electrons. The van der Waals surface area contributed by atoms with Gasteiger partial charge in [0.1, 0.15) is 5.75 Å². The highest BCUT2D eigenvalue weighted by Gasteiger charge is 2.14. The molecule has 3 aromatic rings. The van der Waals surface area contributed by atoms with Gasteiger partial charge in [-0.05, 0) is 73.3 Å². The zero-order valence-electron chi connectivity index (χ0n) is 18.6. The SMILES string of the molecule is CC.COc1ccnc(-c2cc(NC(=O)c3ccc(N4CCCCS4)cc3)ccc2Cl)c1. The molecule has 0 bridgehead atoms. The molecule has 1 aliphatic rings. The zero-order valence-corrected chi connectivity index (χ0v) is 20.2. The van der Waals surface area contributed by atoms with Gasteiger partial charge in [-0.25, -0.2) is 0 Å². The van der Waals surface area contributed by atoms with E-state index >= 15 is 0 Å². The number of pyridine rings is 1. The predicted molar refractivity (Wildman–Crippen MR) is 136 cm³/mol. The number of benzene rings is 2. The lowest BCUT2D eigenvalue weighted by molar-refractivity contribution is 0.102. The predicted octanol–water partition coefficient (Wildman–Crippen LogP) is 6.94. The van der Waals surface area contributed by atoms with Crippen molar-refractivity contribution >= 4 is 40.8 Å². The Morgan fingerprint density at radius 3 is 2.56 bits per heavy atom. The number of methoxy groups -OCH3 is 1. The first-order valence-electron chi connectivity index (χ1n) is 10.8. The summed E-state index contributed by atoms with van der Waals surface area (Å²) in [5.74, 6) is 1.67. The van der Waals surface area contributed by atoms with Crippen molar-refractivity contribution in [3.8, 4) is 17.0 Å².